The van der Waals surface area contributed by atoms with Crippen LogP contribution in [0.1, 0.15) is 5.56 Å². The van der Waals surface area contributed by atoms with Gasteiger partial charge in [0.05, 0.1) is 12.8 Å². The van der Waals surface area contributed by atoms with E-state index < -0.39 is 10.0 Å². The molecule has 0 radical (unpaired) electrons. The second kappa shape index (κ2) is 6.46. The lowest BCUT2D eigenvalue weighted by Crippen LogP contribution is -2.24. The van der Waals surface area contributed by atoms with Gasteiger partial charge in [0.1, 0.15) is 10.6 Å². The Kier molecular flexibility index (Phi) is 4.87. The molecule has 21 heavy (non-hydrogen) atoms. The SMILES string of the molecule is COc1ccccc1CNS(=O)(=O)c1ccc(Br)cc1N. The number of hydrogen-bond acceptors (Lipinski definition) is 4. The minimum atomic E-state index is -3.68. The number of para-hydroxylation sites is 1. The van der Waals surface area contributed by atoms with Crippen molar-refractivity contribution in [3.63, 3.8) is 0 Å². The monoisotopic (exact) mass is 370 g/mol. The van der Waals surface area contributed by atoms with Crippen LogP contribution in [-0.4, -0.2) is 15.5 Å². The standard InChI is InChI=1S/C14H15BrN2O3S/c1-20-13-5-3-2-4-10(13)9-17-21(18,19)14-7-6-11(15)8-12(14)16/h2-8,17H,9,16H2,1H3. The van der Waals surface area contributed by atoms with Crippen LogP contribution in [0.4, 0.5) is 5.69 Å². The first-order valence-electron chi connectivity index (χ1n) is 6.10. The molecule has 0 fully saturated rings. The third-order valence-corrected chi connectivity index (χ3v) is 4.87. The Morgan fingerprint density at radius 1 is 1.24 bits per heavy atom. The van der Waals surface area contributed by atoms with Crippen LogP contribution < -0.4 is 15.2 Å². The Labute approximate surface area is 132 Å². The molecule has 5 nitrogen and oxygen atoms in total. The van der Waals surface area contributed by atoms with E-state index in [4.69, 9.17) is 10.5 Å². The maximum atomic E-state index is 12.3. The van der Waals surface area contributed by atoms with Crippen molar-refractivity contribution in [2.75, 3.05) is 12.8 Å². The number of nitrogens with one attached hydrogen (secondary N) is 1. The number of ether oxygens (including phenoxy) is 1. The molecule has 0 aliphatic carbocycles. The molecule has 0 saturated carbocycles. The fourth-order valence-corrected chi connectivity index (χ4v) is 3.36. The Balaban J connectivity index is 2.22. The van der Waals surface area contributed by atoms with Crippen LogP contribution in [-0.2, 0) is 16.6 Å². The van der Waals surface area contributed by atoms with Crippen molar-refractivity contribution in [2.24, 2.45) is 0 Å². The van der Waals surface area contributed by atoms with Crippen molar-refractivity contribution in [1.29, 1.82) is 0 Å². The van der Waals surface area contributed by atoms with E-state index in [1.807, 2.05) is 12.1 Å². The van der Waals surface area contributed by atoms with Crippen molar-refractivity contribution < 1.29 is 13.2 Å². The highest BCUT2D eigenvalue weighted by Crippen LogP contribution is 2.23. The summed E-state index contributed by atoms with van der Waals surface area (Å²) < 4.78 is 33.0. The first-order valence-corrected chi connectivity index (χ1v) is 8.38. The van der Waals surface area contributed by atoms with E-state index in [1.54, 1.807) is 31.4 Å². The molecule has 2 aromatic carbocycles. The van der Waals surface area contributed by atoms with Crippen LogP contribution >= 0.6 is 15.9 Å². The topological polar surface area (TPSA) is 81.4 Å². The molecule has 2 aromatic rings. The molecule has 0 amide bonds. The summed E-state index contributed by atoms with van der Waals surface area (Å²) in [6.07, 6.45) is 0. The highest BCUT2D eigenvalue weighted by molar-refractivity contribution is 9.10. The van der Waals surface area contributed by atoms with E-state index in [2.05, 4.69) is 20.7 Å². The van der Waals surface area contributed by atoms with Gasteiger partial charge in [-0.25, -0.2) is 13.1 Å². The van der Waals surface area contributed by atoms with Crippen LogP contribution in [0.5, 0.6) is 5.75 Å². The van der Waals surface area contributed by atoms with Crippen LogP contribution in [0.25, 0.3) is 0 Å². The van der Waals surface area contributed by atoms with Gasteiger partial charge in [-0.3, -0.25) is 0 Å². The maximum absolute atomic E-state index is 12.3. The third-order valence-electron chi connectivity index (χ3n) is 2.91. The second-order valence-corrected chi connectivity index (χ2v) is 6.97. The average molecular weight is 371 g/mol. The molecule has 112 valence electrons. The molecule has 2 rings (SSSR count). The van der Waals surface area contributed by atoms with Crippen molar-refractivity contribution in [3.05, 3.63) is 52.5 Å². The van der Waals surface area contributed by atoms with Gasteiger partial charge in [0.25, 0.3) is 0 Å². The zero-order chi connectivity index (χ0) is 15.5. The van der Waals surface area contributed by atoms with Gasteiger partial charge in [0.2, 0.25) is 10.0 Å². The van der Waals surface area contributed by atoms with Gasteiger partial charge in [-0.05, 0) is 24.3 Å². The third kappa shape index (κ3) is 3.75. The molecule has 0 aliphatic rings. The number of sulfonamides is 1. The predicted molar refractivity (Wildman–Crippen MR) is 85.6 cm³/mol. The molecule has 0 spiro atoms. The summed E-state index contributed by atoms with van der Waals surface area (Å²) in [5, 5.41) is 0. The van der Waals surface area contributed by atoms with Gasteiger partial charge in [-0.15, -0.1) is 0 Å². The van der Waals surface area contributed by atoms with Crippen molar-refractivity contribution >= 4 is 31.6 Å². The summed E-state index contributed by atoms with van der Waals surface area (Å²) in [7, 11) is -2.14. The number of rotatable bonds is 5. The van der Waals surface area contributed by atoms with Gasteiger partial charge in [-0.2, -0.15) is 0 Å². The number of hydrogen-bond donors (Lipinski definition) is 2. The number of halogens is 1. The number of nitrogen functional groups attached to an aromatic ring is 1. The Hall–Kier alpha value is -1.57. The minimum absolute atomic E-state index is 0.0561. The van der Waals surface area contributed by atoms with E-state index in [9.17, 15) is 8.42 Å². The Bertz CT molecular complexity index is 748. The van der Waals surface area contributed by atoms with Crippen LogP contribution in [0.2, 0.25) is 0 Å². The van der Waals surface area contributed by atoms with E-state index >= 15 is 0 Å². The summed E-state index contributed by atoms with van der Waals surface area (Å²) in [6.45, 7) is 0.127. The zero-order valence-electron chi connectivity index (χ0n) is 11.3. The van der Waals surface area contributed by atoms with Crippen molar-refractivity contribution in [1.82, 2.24) is 4.72 Å². The molecule has 0 aromatic heterocycles. The first kappa shape index (κ1) is 15.8. The van der Waals surface area contributed by atoms with Crippen molar-refractivity contribution in [2.45, 2.75) is 11.4 Å². The van der Waals surface area contributed by atoms with E-state index in [-0.39, 0.29) is 17.1 Å². The molecule has 3 N–H and O–H groups in total. The van der Waals surface area contributed by atoms with Gasteiger partial charge in [-0.1, -0.05) is 34.1 Å². The normalized spacial score (nSPS) is 11.3. The fourth-order valence-electron chi connectivity index (χ4n) is 1.86. The van der Waals surface area contributed by atoms with Gasteiger partial charge in [0.15, 0.2) is 0 Å². The van der Waals surface area contributed by atoms with Gasteiger partial charge < -0.3 is 10.5 Å². The molecule has 0 aliphatic heterocycles. The number of methoxy groups -OCH3 is 1. The molecular weight excluding hydrogens is 356 g/mol. The van der Waals surface area contributed by atoms with Gasteiger partial charge in [0, 0.05) is 16.6 Å². The zero-order valence-corrected chi connectivity index (χ0v) is 13.7. The largest absolute Gasteiger partial charge is 0.496 e. The summed E-state index contributed by atoms with van der Waals surface area (Å²) in [6, 6.07) is 11.9. The quantitative estimate of drug-likeness (QED) is 0.792. The van der Waals surface area contributed by atoms with Gasteiger partial charge >= 0.3 is 0 Å². The Morgan fingerprint density at radius 3 is 2.62 bits per heavy atom. The predicted octanol–water partition coefficient (Wildman–Crippen LogP) is 2.52. The highest BCUT2D eigenvalue weighted by atomic mass is 79.9. The molecular formula is C14H15BrN2O3S. The number of nitrogens with two attached hydrogens (primary N) is 1. The number of benzene rings is 2. The first-order chi connectivity index (χ1) is 9.94. The van der Waals surface area contributed by atoms with E-state index in [0.29, 0.717) is 5.75 Å². The number of anilines is 1. The highest BCUT2D eigenvalue weighted by Gasteiger charge is 2.17. The maximum Gasteiger partial charge on any atom is 0.242 e. The van der Waals surface area contributed by atoms with Crippen LogP contribution in [0.15, 0.2) is 51.8 Å². The summed E-state index contributed by atoms with van der Waals surface area (Å²) >= 11 is 3.25. The minimum Gasteiger partial charge on any atom is -0.496 e. The molecule has 0 unspecified atom stereocenters. The molecule has 0 heterocycles. The summed E-state index contributed by atoms with van der Waals surface area (Å²) in [4.78, 5) is 0.0561. The fraction of sp³-hybridized carbons (Fsp3) is 0.143. The molecule has 0 saturated heterocycles. The lowest BCUT2D eigenvalue weighted by Gasteiger charge is -2.11. The van der Waals surface area contributed by atoms with Crippen molar-refractivity contribution in [3.8, 4) is 5.75 Å². The van der Waals surface area contributed by atoms with Crippen LogP contribution in [0, 0.1) is 0 Å². The summed E-state index contributed by atoms with van der Waals surface area (Å²) in [5.74, 6) is 0.629. The smallest absolute Gasteiger partial charge is 0.242 e. The van der Waals surface area contributed by atoms with E-state index in [0.717, 1.165) is 10.0 Å². The molecule has 0 atom stereocenters. The Morgan fingerprint density at radius 2 is 1.95 bits per heavy atom. The second-order valence-electron chi connectivity index (χ2n) is 4.32. The van der Waals surface area contributed by atoms with E-state index in [1.165, 1.54) is 6.07 Å². The summed E-state index contributed by atoms with van der Waals surface area (Å²) in [5.41, 5.74) is 6.70. The lowest BCUT2D eigenvalue weighted by atomic mass is 10.2. The molecule has 0 bridgehead atoms. The van der Waals surface area contributed by atoms with Crippen LogP contribution in [0.3, 0.4) is 0 Å². The average Bonchev–Trinajstić information content (AvgIpc) is 2.45. The molecule has 7 heteroatoms. The lowest BCUT2D eigenvalue weighted by molar-refractivity contribution is 0.409.